The van der Waals surface area contributed by atoms with Gasteiger partial charge in [0, 0.05) is 0 Å². The van der Waals surface area contributed by atoms with Crippen LogP contribution in [0.2, 0.25) is 0 Å². The topological polar surface area (TPSA) is 56.7 Å². The molecule has 1 aromatic heterocycles. The summed E-state index contributed by atoms with van der Waals surface area (Å²) in [5.74, 6) is -0.161. The minimum Gasteiger partial charge on any atom is -0.367 e. The number of nitrogens with zero attached hydrogens (tertiary/aromatic N) is 3. The van der Waals surface area contributed by atoms with Gasteiger partial charge in [-0.3, -0.25) is 0 Å². The molecule has 0 fully saturated rings. The predicted octanol–water partition coefficient (Wildman–Crippen LogP) is 0.984. The van der Waals surface area contributed by atoms with Crippen LogP contribution in [0.25, 0.3) is 0 Å². The van der Waals surface area contributed by atoms with Gasteiger partial charge in [0.2, 0.25) is 5.95 Å². The van der Waals surface area contributed by atoms with Crippen molar-refractivity contribution in [2.24, 2.45) is 0 Å². The molecule has 4 nitrogen and oxygen atoms in total. The Morgan fingerprint density at radius 2 is 2.17 bits per heavy atom. The molecule has 7 heteroatoms. The van der Waals surface area contributed by atoms with Crippen LogP contribution in [0.3, 0.4) is 0 Å². The van der Waals surface area contributed by atoms with Crippen molar-refractivity contribution in [3.8, 4) is 0 Å². The van der Waals surface area contributed by atoms with Crippen LogP contribution in [0, 0.1) is 0 Å². The van der Waals surface area contributed by atoms with Crippen molar-refractivity contribution >= 4 is 5.95 Å². The van der Waals surface area contributed by atoms with Crippen LogP contribution >= 0.6 is 0 Å². The molecule has 1 heterocycles. The number of hydrogen-bond acceptors (Lipinski definition) is 3. The van der Waals surface area contributed by atoms with E-state index in [1.807, 2.05) is 0 Å². The molecule has 0 saturated heterocycles. The second kappa shape index (κ2) is 2.65. The van der Waals surface area contributed by atoms with Gasteiger partial charge < -0.3 is 5.73 Å². The summed E-state index contributed by atoms with van der Waals surface area (Å²) in [5, 5.41) is 3.34. The van der Waals surface area contributed by atoms with Gasteiger partial charge in [-0.25, -0.2) is 9.67 Å². The average molecular weight is 180 g/mol. The first-order chi connectivity index (χ1) is 5.41. The van der Waals surface area contributed by atoms with E-state index in [2.05, 4.69) is 10.1 Å². The van der Waals surface area contributed by atoms with Crippen molar-refractivity contribution in [3.05, 3.63) is 6.33 Å². The van der Waals surface area contributed by atoms with E-state index in [0.29, 0.717) is 4.68 Å². The van der Waals surface area contributed by atoms with Crippen molar-refractivity contribution in [2.45, 2.75) is 19.1 Å². The smallest absolute Gasteiger partial charge is 0.367 e. The van der Waals surface area contributed by atoms with Gasteiger partial charge in [0.25, 0.3) is 0 Å². The van der Waals surface area contributed by atoms with E-state index in [4.69, 9.17) is 5.73 Å². The van der Waals surface area contributed by atoms with Crippen LogP contribution < -0.4 is 5.73 Å². The van der Waals surface area contributed by atoms with Crippen molar-refractivity contribution in [1.29, 1.82) is 0 Å². The highest BCUT2D eigenvalue weighted by molar-refractivity contribution is 5.09. The molecule has 68 valence electrons. The average Bonchev–Trinajstić information content (AvgIpc) is 2.32. The Morgan fingerprint density at radius 1 is 1.58 bits per heavy atom. The Labute approximate surface area is 66.2 Å². The molecule has 1 aromatic rings. The fraction of sp³-hybridized carbons (Fsp3) is 0.600. The van der Waals surface area contributed by atoms with Crippen LogP contribution in [0.1, 0.15) is 13.0 Å². The lowest BCUT2D eigenvalue weighted by Crippen LogP contribution is -2.24. The zero-order chi connectivity index (χ0) is 9.35. The molecule has 0 radical (unpaired) electrons. The monoisotopic (exact) mass is 180 g/mol. The van der Waals surface area contributed by atoms with Crippen LogP contribution in [0.5, 0.6) is 0 Å². The van der Waals surface area contributed by atoms with Crippen LogP contribution in [-0.2, 0) is 0 Å². The van der Waals surface area contributed by atoms with Crippen LogP contribution in [0.15, 0.2) is 6.33 Å². The molecule has 0 bridgehead atoms. The van der Waals surface area contributed by atoms with E-state index in [-0.39, 0.29) is 5.95 Å². The summed E-state index contributed by atoms with van der Waals surface area (Å²) < 4.78 is 36.7. The number of aromatic nitrogens is 3. The maximum absolute atomic E-state index is 12.0. The predicted molar refractivity (Wildman–Crippen MR) is 35.2 cm³/mol. The lowest BCUT2D eigenvalue weighted by Gasteiger charge is -2.14. The van der Waals surface area contributed by atoms with Gasteiger partial charge in [0.05, 0.1) is 0 Å². The maximum Gasteiger partial charge on any atom is 0.410 e. The molecular weight excluding hydrogens is 173 g/mol. The first kappa shape index (κ1) is 8.82. The summed E-state index contributed by atoms with van der Waals surface area (Å²) >= 11 is 0. The van der Waals surface area contributed by atoms with Gasteiger partial charge >= 0.3 is 6.18 Å². The Kier molecular flexibility index (Phi) is 1.95. The van der Waals surface area contributed by atoms with Crippen molar-refractivity contribution in [2.75, 3.05) is 5.73 Å². The number of nitrogen functional groups attached to an aromatic ring is 1. The highest BCUT2D eigenvalue weighted by atomic mass is 19.4. The highest BCUT2D eigenvalue weighted by Crippen LogP contribution is 2.28. The molecule has 0 aromatic carbocycles. The molecule has 0 spiro atoms. The Bertz CT molecular complexity index is 266. The molecule has 1 rings (SSSR count). The minimum absolute atomic E-state index is 0.161. The van der Waals surface area contributed by atoms with Gasteiger partial charge in [-0.15, -0.1) is 5.10 Å². The van der Waals surface area contributed by atoms with E-state index in [1.54, 1.807) is 0 Å². The molecule has 1 atom stereocenters. The number of hydrogen-bond donors (Lipinski definition) is 1. The summed E-state index contributed by atoms with van der Waals surface area (Å²) in [5.41, 5.74) is 5.05. The number of rotatable bonds is 1. The molecule has 1 unspecified atom stereocenters. The lowest BCUT2D eigenvalue weighted by atomic mass is 10.3. The minimum atomic E-state index is -4.32. The summed E-state index contributed by atoms with van der Waals surface area (Å²) in [6, 6.07) is -1.69. The normalized spacial score (nSPS) is 14.7. The van der Waals surface area contributed by atoms with Gasteiger partial charge in [0.1, 0.15) is 12.4 Å². The second-order valence-electron chi connectivity index (χ2n) is 2.30. The first-order valence-corrected chi connectivity index (χ1v) is 3.14. The Balaban J connectivity index is 2.85. The lowest BCUT2D eigenvalue weighted by molar-refractivity contribution is -0.165. The van der Waals surface area contributed by atoms with E-state index in [1.165, 1.54) is 0 Å². The van der Waals surface area contributed by atoms with Gasteiger partial charge in [-0.05, 0) is 6.92 Å². The van der Waals surface area contributed by atoms with Crippen LogP contribution in [0.4, 0.5) is 19.1 Å². The summed E-state index contributed by atoms with van der Waals surface area (Å²) in [7, 11) is 0. The molecule has 2 N–H and O–H groups in total. The zero-order valence-electron chi connectivity index (χ0n) is 6.21. The van der Waals surface area contributed by atoms with Gasteiger partial charge in [-0.2, -0.15) is 13.2 Å². The summed E-state index contributed by atoms with van der Waals surface area (Å²) in [6.45, 7) is 0.980. The molecule has 12 heavy (non-hydrogen) atoms. The second-order valence-corrected chi connectivity index (χ2v) is 2.30. The molecule has 0 saturated carbocycles. The summed E-state index contributed by atoms with van der Waals surface area (Å²) in [6.07, 6.45) is -3.37. The van der Waals surface area contributed by atoms with Crippen molar-refractivity contribution in [3.63, 3.8) is 0 Å². The third-order valence-corrected chi connectivity index (χ3v) is 1.40. The number of halogens is 3. The fourth-order valence-corrected chi connectivity index (χ4v) is 0.625. The third kappa shape index (κ3) is 1.66. The van der Waals surface area contributed by atoms with E-state index >= 15 is 0 Å². The van der Waals surface area contributed by atoms with E-state index in [0.717, 1.165) is 13.3 Å². The molecule has 0 aliphatic carbocycles. The van der Waals surface area contributed by atoms with Gasteiger partial charge in [0.15, 0.2) is 0 Å². The van der Waals surface area contributed by atoms with Crippen LogP contribution in [-0.4, -0.2) is 20.9 Å². The van der Waals surface area contributed by atoms with Crippen molar-refractivity contribution in [1.82, 2.24) is 14.8 Å². The third-order valence-electron chi connectivity index (χ3n) is 1.40. The summed E-state index contributed by atoms with van der Waals surface area (Å²) in [4.78, 5) is 3.38. The Morgan fingerprint density at radius 3 is 2.50 bits per heavy atom. The first-order valence-electron chi connectivity index (χ1n) is 3.14. The molecule has 0 amide bonds. The highest BCUT2D eigenvalue weighted by Gasteiger charge is 2.38. The largest absolute Gasteiger partial charge is 0.410 e. The Hall–Kier alpha value is -1.27. The van der Waals surface area contributed by atoms with Gasteiger partial charge in [-0.1, -0.05) is 0 Å². The quantitative estimate of drug-likeness (QED) is 0.700. The number of nitrogens with two attached hydrogens (primary N) is 1. The fourth-order valence-electron chi connectivity index (χ4n) is 0.625. The SMILES string of the molecule is CC(n1cnc(N)n1)C(F)(F)F. The number of anilines is 1. The zero-order valence-corrected chi connectivity index (χ0v) is 6.21. The molecule has 0 aliphatic rings. The van der Waals surface area contributed by atoms with Crippen molar-refractivity contribution < 1.29 is 13.2 Å². The number of alkyl halides is 3. The molecule has 0 aliphatic heterocycles. The van der Waals surface area contributed by atoms with E-state index in [9.17, 15) is 13.2 Å². The standard InChI is InChI=1S/C5H7F3N4/c1-3(5(6,7)8)12-2-10-4(9)11-12/h2-3H,1H3,(H2,9,11). The molecular formula is C5H7F3N4. The maximum atomic E-state index is 12.0. The van der Waals surface area contributed by atoms with E-state index < -0.39 is 12.2 Å².